The summed E-state index contributed by atoms with van der Waals surface area (Å²) in [6.07, 6.45) is -0.239. The third-order valence-electron chi connectivity index (χ3n) is 7.43. The van der Waals surface area contributed by atoms with Gasteiger partial charge in [0.05, 0.1) is 68.8 Å². The molecule has 0 saturated carbocycles. The van der Waals surface area contributed by atoms with Crippen molar-refractivity contribution in [3.8, 4) is 0 Å². The van der Waals surface area contributed by atoms with Crippen molar-refractivity contribution in [3.05, 3.63) is 47.8 Å². The number of aliphatic carboxylic acids is 3. The lowest BCUT2D eigenvalue weighted by Gasteiger charge is -2.18. The topological polar surface area (TPSA) is 348 Å². The first-order chi connectivity index (χ1) is 27.2. The fourth-order valence-corrected chi connectivity index (χ4v) is 5.11. The van der Waals surface area contributed by atoms with Crippen molar-refractivity contribution in [1.82, 2.24) is 30.9 Å². The van der Waals surface area contributed by atoms with Crippen molar-refractivity contribution >= 4 is 69.5 Å². The molecule has 7 N–H and O–H groups in total. The number of anilines is 1. The third-order valence-corrected chi connectivity index (χ3v) is 8.61. The molecule has 1 heterocycles. The number of ether oxygens (including phenoxy) is 4. The Hall–Kier alpha value is -5.32. The molecule has 0 spiro atoms. The number of benzene rings is 1. The number of carboxylic acid groups (broad SMARTS) is 3. The Morgan fingerprint density at radius 1 is 0.807 bits per heavy atom. The molecule has 0 bridgehead atoms. The number of carbonyl (C=O) groups is 5. The quantitative estimate of drug-likeness (QED) is 0.0237. The van der Waals surface area contributed by atoms with E-state index in [0.29, 0.717) is 35.4 Å². The summed E-state index contributed by atoms with van der Waals surface area (Å²) in [5.41, 5.74) is -0.125. The van der Waals surface area contributed by atoms with Gasteiger partial charge in [-0.25, -0.2) is 19.1 Å². The molecular formula is C31H44IN9O16. The van der Waals surface area contributed by atoms with Gasteiger partial charge in [-0.2, -0.15) is 0 Å². The molecule has 0 aliphatic rings. The second kappa shape index (κ2) is 26.5. The zero-order valence-corrected chi connectivity index (χ0v) is 32.6. The summed E-state index contributed by atoms with van der Waals surface area (Å²) >= 11 is 1.99. The number of hydrogen-bond donors (Lipinski definition) is 7. The van der Waals surface area contributed by atoms with Crippen molar-refractivity contribution in [2.75, 3.05) is 64.7 Å². The highest BCUT2D eigenvalue weighted by atomic mass is 127. The van der Waals surface area contributed by atoms with Crippen LogP contribution < -0.4 is 21.3 Å². The van der Waals surface area contributed by atoms with Gasteiger partial charge in [-0.1, -0.05) is 5.21 Å². The van der Waals surface area contributed by atoms with Gasteiger partial charge in [-0.15, -0.1) is 5.10 Å². The van der Waals surface area contributed by atoms with E-state index in [2.05, 4.69) is 31.6 Å². The minimum Gasteiger partial charge on any atom is -0.481 e. The SMILES string of the molecule is O=C(O)CC[C@H](NC(=O)N[C@@H](CCCCNC(=O)Cn1nnc(COCCOCCOCCOCCNc2ccc([N+](=O)[O-])cc2[N+](=O)[O-])c1I)C(=O)O)C(=O)O. The summed E-state index contributed by atoms with van der Waals surface area (Å²) in [6.45, 7) is 2.36. The van der Waals surface area contributed by atoms with Crippen LogP contribution in [0, 0.1) is 23.9 Å². The molecule has 2 aromatic rings. The first-order valence-electron chi connectivity index (χ1n) is 17.3. The summed E-state index contributed by atoms with van der Waals surface area (Å²) < 4.78 is 23.8. The number of unbranched alkanes of at least 4 members (excludes halogenated alkanes) is 1. The predicted molar refractivity (Wildman–Crippen MR) is 201 cm³/mol. The summed E-state index contributed by atoms with van der Waals surface area (Å²) in [5, 5.41) is 67.0. The van der Waals surface area contributed by atoms with E-state index in [9.17, 15) is 49.3 Å². The Labute approximate surface area is 337 Å². The largest absolute Gasteiger partial charge is 0.481 e. The fourth-order valence-electron chi connectivity index (χ4n) is 4.58. The van der Waals surface area contributed by atoms with Crippen molar-refractivity contribution in [1.29, 1.82) is 0 Å². The second-order valence-electron chi connectivity index (χ2n) is 11.7. The van der Waals surface area contributed by atoms with Crippen molar-refractivity contribution < 1.29 is 68.1 Å². The van der Waals surface area contributed by atoms with Gasteiger partial charge in [0.25, 0.3) is 11.4 Å². The van der Waals surface area contributed by atoms with Crippen LogP contribution in [0.25, 0.3) is 0 Å². The van der Waals surface area contributed by atoms with E-state index in [4.69, 9.17) is 29.2 Å². The van der Waals surface area contributed by atoms with Crippen LogP contribution in [0.5, 0.6) is 0 Å². The molecule has 2 atom stereocenters. The maximum Gasteiger partial charge on any atom is 0.326 e. The molecule has 25 nitrogen and oxygen atoms in total. The summed E-state index contributed by atoms with van der Waals surface area (Å²) in [4.78, 5) is 78.6. The van der Waals surface area contributed by atoms with Crippen LogP contribution in [0.1, 0.15) is 37.8 Å². The summed E-state index contributed by atoms with van der Waals surface area (Å²) in [7, 11) is 0. The molecule has 0 saturated heterocycles. The molecule has 0 aliphatic heterocycles. The van der Waals surface area contributed by atoms with Crippen LogP contribution in [-0.4, -0.2) is 141 Å². The smallest absolute Gasteiger partial charge is 0.326 e. The van der Waals surface area contributed by atoms with E-state index >= 15 is 0 Å². The summed E-state index contributed by atoms with van der Waals surface area (Å²) in [6, 6.07) is -0.589. The predicted octanol–water partition coefficient (Wildman–Crippen LogP) is 0.735. The third kappa shape index (κ3) is 19.4. The van der Waals surface area contributed by atoms with Crippen LogP contribution in [-0.2, 0) is 51.3 Å². The van der Waals surface area contributed by atoms with Gasteiger partial charge in [0.1, 0.15) is 33.7 Å². The van der Waals surface area contributed by atoms with E-state index in [1.54, 1.807) is 0 Å². The molecule has 3 amide bonds. The van der Waals surface area contributed by atoms with Gasteiger partial charge >= 0.3 is 23.9 Å². The van der Waals surface area contributed by atoms with Crippen LogP contribution >= 0.6 is 22.6 Å². The molecule has 0 unspecified atom stereocenters. The number of rotatable bonds is 31. The van der Waals surface area contributed by atoms with E-state index in [1.165, 1.54) is 16.8 Å². The Bertz CT molecular complexity index is 1660. The Balaban J connectivity index is 1.52. The lowest BCUT2D eigenvalue weighted by atomic mass is 10.1. The Morgan fingerprint density at radius 2 is 1.40 bits per heavy atom. The lowest BCUT2D eigenvalue weighted by Crippen LogP contribution is -2.51. The number of amides is 3. The highest BCUT2D eigenvalue weighted by molar-refractivity contribution is 14.1. The minimum absolute atomic E-state index is 0.0142. The standard InChI is InChI=1S/C31H44IN9O16/c32-28-24(19-57-16-15-56-14-13-55-12-11-54-10-9-33-21-5-4-20(40(50)51)17-25(21)41(52)53)37-38-39(28)18-26(42)34-8-2-1-3-22(29(45)46)35-31(49)36-23(30(47)48)6-7-27(43)44/h4-5,17,22-23,33H,1-3,6-16,18-19H2,(H,34,42)(H,43,44)(H,45,46)(H,47,48)(H2,35,36,49)/t22-,23-/m0/s1. The molecule has 1 aromatic heterocycles. The average Bonchev–Trinajstić information content (AvgIpc) is 3.49. The molecule has 26 heteroatoms. The number of halogens is 1. The number of non-ortho nitro benzene ring substituents is 1. The number of nitro groups is 2. The van der Waals surface area contributed by atoms with Crippen molar-refractivity contribution in [2.45, 2.75) is 57.3 Å². The maximum atomic E-state index is 12.4. The van der Waals surface area contributed by atoms with Crippen LogP contribution in [0.15, 0.2) is 18.2 Å². The van der Waals surface area contributed by atoms with Gasteiger partial charge in [-0.3, -0.25) is 29.8 Å². The Kier molecular flexibility index (Phi) is 22.3. The highest BCUT2D eigenvalue weighted by Crippen LogP contribution is 2.28. The number of nitrogens with zero attached hydrogens (tertiary/aromatic N) is 5. The van der Waals surface area contributed by atoms with Crippen molar-refractivity contribution in [3.63, 3.8) is 0 Å². The zero-order chi connectivity index (χ0) is 42.2. The number of hydrogen-bond acceptors (Lipinski definition) is 16. The molecule has 0 fully saturated rings. The number of nitro benzene ring substituents is 2. The van der Waals surface area contributed by atoms with E-state index in [1.807, 2.05) is 22.6 Å². The number of carbonyl (C=O) groups excluding carboxylic acids is 2. The number of carboxylic acids is 3. The number of urea groups is 1. The van der Waals surface area contributed by atoms with Crippen LogP contribution in [0.3, 0.4) is 0 Å². The van der Waals surface area contributed by atoms with Crippen LogP contribution in [0.2, 0.25) is 0 Å². The molecule has 2 rings (SSSR count). The number of nitrogens with one attached hydrogen (secondary N) is 4. The fraction of sp³-hybridized carbons (Fsp3) is 0.581. The second-order valence-corrected chi connectivity index (χ2v) is 12.7. The average molecular weight is 926 g/mol. The summed E-state index contributed by atoms with van der Waals surface area (Å²) in [5.74, 6) is -4.43. The molecule has 0 radical (unpaired) electrons. The van der Waals surface area contributed by atoms with Gasteiger partial charge in [-0.05, 0) is 54.3 Å². The molecule has 316 valence electrons. The number of aromatic nitrogens is 3. The van der Waals surface area contributed by atoms with Gasteiger partial charge < -0.3 is 55.5 Å². The van der Waals surface area contributed by atoms with Crippen molar-refractivity contribution in [2.24, 2.45) is 0 Å². The normalized spacial score (nSPS) is 11.9. The van der Waals surface area contributed by atoms with Gasteiger partial charge in [0.2, 0.25) is 5.91 Å². The monoisotopic (exact) mass is 925 g/mol. The first kappa shape index (κ1) is 47.8. The Morgan fingerprint density at radius 3 is 1.98 bits per heavy atom. The van der Waals surface area contributed by atoms with E-state index in [0.717, 1.165) is 6.07 Å². The zero-order valence-electron chi connectivity index (χ0n) is 30.5. The minimum atomic E-state index is -1.51. The van der Waals surface area contributed by atoms with Gasteiger partial charge in [0, 0.05) is 25.6 Å². The first-order valence-corrected chi connectivity index (χ1v) is 18.3. The van der Waals surface area contributed by atoms with Crippen LogP contribution in [0.4, 0.5) is 21.9 Å². The highest BCUT2D eigenvalue weighted by Gasteiger charge is 2.25. The maximum absolute atomic E-state index is 12.4. The molecule has 0 aliphatic carbocycles. The van der Waals surface area contributed by atoms with E-state index in [-0.39, 0.29) is 89.4 Å². The molecule has 1 aromatic carbocycles. The molecular weight excluding hydrogens is 881 g/mol. The van der Waals surface area contributed by atoms with Gasteiger partial charge in [0.15, 0.2) is 0 Å². The lowest BCUT2D eigenvalue weighted by molar-refractivity contribution is -0.393. The van der Waals surface area contributed by atoms with E-state index < -0.39 is 58.0 Å². The molecule has 57 heavy (non-hydrogen) atoms.